The summed E-state index contributed by atoms with van der Waals surface area (Å²) in [5.74, 6) is 1.04. The van der Waals surface area contributed by atoms with Gasteiger partial charge in [0.1, 0.15) is 5.75 Å². The van der Waals surface area contributed by atoms with E-state index in [0.29, 0.717) is 0 Å². The predicted molar refractivity (Wildman–Crippen MR) is 102 cm³/mol. The highest BCUT2D eigenvalue weighted by molar-refractivity contribution is 6.90. The van der Waals surface area contributed by atoms with Gasteiger partial charge in [0.15, 0.2) is 5.78 Å². The lowest BCUT2D eigenvalue weighted by atomic mass is 9.97. The molecule has 0 aliphatic heterocycles. The molecule has 0 unspecified atom stereocenters. The second-order valence-corrected chi connectivity index (χ2v) is 12.4. The summed E-state index contributed by atoms with van der Waals surface area (Å²) in [7, 11) is 0.00316. The van der Waals surface area contributed by atoms with Crippen molar-refractivity contribution in [2.75, 3.05) is 7.11 Å². The molecule has 0 atom stereocenters. The van der Waals surface area contributed by atoms with Gasteiger partial charge in [0, 0.05) is 22.1 Å². The first-order valence-electron chi connectivity index (χ1n) is 8.22. The van der Waals surface area contributed by atoms with E-state index in [-0.39, 0.29) is 5.78 Å². The van der Waals surface area contributed by atoms with Crippen LogP contribution in [0.1, 0.15) is 15.9 Å². The smallest absolute Gasteiger partial charge is 0.194 e. The summed E-state index contributed by atoms with van der Waals surface area (Å²) in [5, 5.41) is 3.42. The number of ketones is 1. The highest BCUT2D eigenvalue weighted by Crippen LogP contribution is 2.43. The van der Waals surface area contributed by atoms with E-state index in [0.717, 1.165) is 38.8 Å². The number of carbonyl (C=O) groups is 1. The van der Waals surface area contributed by atoms with Crippen LogP contribution in [0.5, 0.6) is 5.75 Å². The minimum absolute atomic E-state index is 0.169. The van der Waals surface area contributed by atoms with Gasteiger partial charge in [0.2, 0.25) is 0 Å². The summed E-state index contributed by atoms with van der Waals surface area (Å²) in [6, 6.07) is 16.2. The maximum Gasteiger partial charge on any atom is 0.194 e. The van der Waals surface area contributed by atoms with Gasteiger partial charge in [0.05, 0.1) is 15.2 Å². The number of hydrogen-bond donors (Lipinski definition) is 0. The van der Waals surface area contributed by atoms with Crippen LogP contribution < -0.4 is 9.92 Å². The molecule has 1 aliphatic rings. The van der Waals surface area contributed by atoms with Crippen molar-refractivity contribution in [2.45, 2.75) is 19.6 Å². The van der Waals surface area contributed by atoms with E-state index in [4.69, 9.17) is 4.74 Å². The number of benzene rings is 3. The second-order valence-electron chi connectivity index (χ2n) is 7.35. The van der Waals surface area contributed by atoms with Crippen LogP contribution in [0.4, 0.5) is 0 Å². The molecule has 0 spiro atoms. The van der Waals surface area contributed by atoms with Gasteiger partial charge < -0.3 is 4.74 Å². The SMILES string of the molecule is COc1cccc2c3c(c([Si](C)(C)C)cc12)C(=O)c1ccccc1-3. The van der Waals surface area contributed by atoms with Crippen LogP contribution >= 0.6 is 0 Å². The molecule has 0 fully saturated rings. The van der Waals surface area contributed by atoms with Crippen molar-refractivity contribution in [2.24, 2.45) is 0 Å². The molecule has 0 aromatic heterocycles. The van der Waals surface area contributed by atoms with Crippen molar-refractivity contribution < 1.29 is 9.53 Å². The van der Waals surface area contributed by atoms with Crippen molar-refractivity contribution in [1.29, 1.82) is 0 Å². The molecule has 0 bridgehead atoms. The molecule has 0 saturated heterocycles. The van der Waals surface area contributed by atoms with E-state index < -0.39 is 8.07 Å². The standard InChI is InChI=1S/C21H20O2Si/c1-23-17-11-7-10-14-16(17)12-18(24(2,3)4)20-19(14)13-8-5-6-9-15(13)21(20)22/h5-12H,1-4H3. The quantitative estimate of drug-likeness (QED) is 0.501. The molecule has 0 N–H and O–H groups in total. The zero-order chi connectivity index (χ0) is 17.1. The Hall–Kier alpha value is -2.39. The summed E-state index contributed by atoms with van der Waals surface area (Å²) in [6.45, 7) is 6.88. The van der Waals surface area contributed by atoms with Crippen LogP contribution in [0.25, 0.3) is 21.9 Å². The van der Waals surface area contributed by atoms with E-state index in [1.54, 1.807) is 7.11 Å². The minimum atomic E-state index is -1.70. The lowest BCUT2D eigenvalue weighted by molar-refractivity contribution is 0.104. The molecule has 24 heavy (non-hydrogen) atoms. The monoisotopic (exact) mass is 332 g/mol. The second kappa shape index (κ2) is 5.05. The van der Waals surface area contributed by atoms with E-state index in [1.165, 1.54) is 5.19 Å². The topological polar surface area (TPSA) is 26.3 Å². The Morgan fingerprint density at radius 2 is 1.54 bits per heavy atom. The van der Waals surface area contributed by atoms with E-state index in [9.17, 15) is 4.79 Å². The van der Waals surface area contributed by atoms with Gasteiger partial charge in [-0.25, -0.2) is 0 Å². The van der Waals surface area contributed by atoms with E-state index in [2.05, 4.69) is 37.8 Å². The Labute approximate surface area is 143 Å². The van der Waals surface area contributed by atoms with Crippen LogP contribution in [0.3, 0.4) is 0 Å². The third kappa shape index (κ3) is 1.98. The van der Waals surface area contributed by atoms with Crippen LogP contribution in [0.15, 0.2) is 48.5 Å². The highest BCUT2D eigenvalue weighted by atomic mass is 28.3. The molecule has 4 rings (SSSR count). The Kier molecular flexibility index (Phi) is 3.19. The fourth-order valence-corrected chi connectivity index (χ4v) is 5.28. The zero-order valence-electron chi connectivity index (χ0n) is 14.4. The molecule has 2 nitrogen and oxygen atoms in total. The Morgan fingerprint density at radius 3 is 2.21 bits per heavy atom. The van der Waals surface area contributed by atoms with Gasteiger partial charge in [-0.15, -0.1) is 0 Å². The van der Waals surface area contributed by atoms with Crippen molar-refractivity contribution in [3.05, 3.63) is 59.7 Å². The first-order chi connectivity index (χ1) is 11.4. The van der Waals surface area contributed by atoms with Crippen molar-refractivity contribution >= 4 is 29.8 Å². The third-order valence-corrected chi connectivity index (χ3v) is 6.85. The normalized spacial score (nSPS) is 13.1. The summed E-state index contributed by atoms with van der Waals surface area (Å²) in [4.78, 5) is 13.1. The highest BCUT2D eigenvalue weighted by Gasteiger charge is 2.35. The van der Waals surface area contributed by atoms with Crippen LogP contribution in [0, 0.1) is 0 Å². The van der Waals surface area contributed by atoms with Crippen LogP contribution in [0.2, 0.25) is 19.6 Å². The maximum absolute atomic E-state index is 13.1. The maximum atomic E-state index is 13.1. The summed E-state index contributed by atoms with van der Waals surface area (Å²) in [6.07, 6.45) is 0. The van der Waals surface area contributed by atoms with Crippen molar-refractivity contribution in [3.63, 3.8) is 0 Å². The minimum Gasteiger partial charge on any atom is -0.496 e. The van der Waals surface area contributed by atoms with Crippen LogP contribution in [-0.4, -0.2) is 21.0 Å². The molecule has 0 amide bonds. The van der Waals surface area contributed by atoms with Gasteiger partial charge >= 0.3 is 0 Å². The molecule has 3 aromatic carbocycles. The Bertz CT molecular complexity index is 997. The van der Waals surface area contributed by atoms with Gasteiger partial charge in [0.25, 0.3) is 0 Å². The third-order valence-electron chi connectivity index (χ3n) is 4.84. The molecule has 0 saturated carbocycles. The number of ether oxygens (including phenoxy) is 1. The average Bonchev–Trinajstić information content (AvgIpc) is 2.87. The molecular weight excluding hydrogens is 312 g/mol. The fraction of sp³-hybridized carbons (Fsp3) is 0.190. The summed E-state index contributed by atoms with van der Waals surface area (Å²) < 4.78 is 5.60. The number of rotatable bonds is 2. The number of methoxy groups -OCH3 is 1. The first-order valence-corrected chi connectivity index (χ1v) is 11.7. The average molecular weight is 332 g/mol. The zero-order valence-corrected chi connectivity index (χ0v) is 15.4. The molecule has 3 heteroatoms. The van der Waals surface area contributed by atoms with Crippen molar-refractivity contribution in [1.82, 2.24) is 0 Å². The lowest BCUT2D eigenvalue weighted by Gasteiger charge is -2.22. The lowest BCUT2D eigenvalue weighted by Crippen LogP contribution is -2.41. The van der Waals surface area contributed by atoms with Gasteiger partial charge in [-0.05, 0) is 22.2 Å². The molecule has 120 valence electrons. The first kappa shape index (κ1) is 15.2. The Morgan fingerprint density at radius 1 is 0.833 bits per heavy atom. The molecular formula is C21H20O2Si. The molecule has 0 heterocycles. The largest absolute Gasteiger partial charge is 0.496 e. The van der Waals surface area contributed by atoms with Gasteiger partial charge in [-0.3, -0.25) is 4.79 Å². The van der Waals surface area contributed by atoms with Crippen LogP contribution in [-0.2, 0) is 0 Å². The van der Waals surface area contributed by atoms with Gasteiger partial charge in [-0.1, -0.05) is 62.1 Å². The van der Waals surface area contributed by atoms with Gasteiger partial charge in [-0.2, -0.15) is 0 Å². The van der Waals surface area contributed by atoms with E-state index in [1.807, 2.05) is 30.3 Å². The Balaban J connectivity index is 2.24. The molecule has 1 aliphatic carbocycles. The molecule has 3 aromatic rings. The van der Waals surface area contributed by atoms with Crippen molar-refractivity contribution in [3.8, 4) is 16.9 Å². The number of hydrogen-bond acceptors (Lipinski definition) is 2. The molecule has 0 radical (unpaired) electrons. The number of fused-ring (bicyclic) bond motifs is 5. The predicted octanol–water partition coefficient (Wildman–Crippen LogP) is 4.61. The number of carbonyl (C=O) groups excluding carboxylic acids is 1. The summed E-state index contributed by atoms with van der Waals surface area (Å²) >= 11 is 0. The van der Waals surface area contributed by atoms with E-state index >= 15 is 0 Å². The summed E-state index contributed by atoms with van der Waals surface area (Å²) in [5.41, 5.74) is 3.87. The fourth-order valence-electron chi connectivity index (χ4n) is 3.72.